The Hall–Kier alpha value is -1.57. The van der Waals surface area contributed by atoms with Gasteiger partial charge in [0, 0.05) is 16.3 Å². The summed E-state index contributed by atoms with van der Waals surface area (Å²) in [5.74, 6) is -0.209. The van der Waals surface area contributed by atoms with E-state index in [1.54, 1.807) is 0 Å². The molecule has 1 aliphatic rings. The van der Waals surface area contributed by atoms with Gasteiger partial charge in [0.2, 0.25) is 0 Å². The maximum Gasteiger partial charge on any atom is 0.281 e. The van der Waals surface area contributed by atoms with E-state index in [2.05, 4.69) is 52.8 Å². The highest BCUT2D eigenvalue weighted by Gasteiger charge is 2.38. The number of rotatable bonds is 4. The number of carbonyl (C=O) groups excluding carboxylic acids is 1. The van der Waals surface area contributed by atoms with Crippen LogP contribution < -0.4 is 5.32 Å². The van der Waals surface area contributed by atoms with Crippen LogP contribution in [0.2, 0.25) is 0 Å². The normalized spacial score (nSPS) is 18.2. The zero-order valence-corrected chi connectivity index (χ0v) is 16.2. The monoisotopic (exact) mass is 456 g/mol. The molecule has 25 heavy (non-hydrogen) atoms. The minimum absolute atomic E-state index is 0.0361. The third-order valence-electron chi connectivity index (χ3n) is 4.72. The number of benzene rings is 1. The fraction of sp³-hybridized carbons (Fsp3) is 0.368. The zero-order chi connectivity index (χ0) is 18.2. The highest BCUT2D eigenvalue weighted by Crippen LogP contribution is 2.49. The van der Waals surface area contributed by atoms with Gasteiger partial charge in [-0.3, -0.25) is 9.78 Å². The van der Waals surface area contributed by atoms with Gasteiger partial charge >= 0.3 is 0 Å². The number of amides is 1. The molecule has 0 radical (unpaired) electrons. The molecule has 1 amide bonds. The summed E-state index contributed by atoms with van der Waals surface area (Å²) in [6.07, 6.45) is -0.509. The van der Waals surface area contributed by atoms with E-state index >= 15 is 0 Å². The third-order valence-corrected chi connectivity index (χ3v) is 5.79. The van der Waals surface area contributed by atoms with Gasteiger partial charge in [0.1, 0.15) is 5.69 Å². The summed E-state index contributed by atoms with van der Waals surface area (Å²) in [6.45, 7) is 4.39. The average Bonchev–Trinajstić information content (AvgIpc) is 2.86. The maximum atomic E-state index is 13.1. The van der Waals surface area contributed by atoms with Gasteiger partial charge < -0.3 is 5.32 Å². The van der Waals surface area contributed by atoms with E-state index in [4.69, 9.17) is 0 Å². The van der Waals surface area contributed by atoms with Gasteiger partial charge in [-0.15, -0.1) is 0 Å². The van der Waals surface area contributed by atoms with E-state index in [-0.39, 0.29) is 11.0 Å². The Balaban J connectivity index is 1.98. The van der Waals surface area contributed by atoms with Gasteiger partial charge in [-0.1, -0.05) is 48.6 Å². The van der Waals surface area contributed by atoms with Gasteiger partial charge in [0.05, 0.1) is 5.56 Å². The molecule has 132 valence electrons. The summed E-state index contributed by atoms with van der Waals surface area (Å²) in [5, 5.41) is 2.84. The molecular formula is C19H19F2IN2O. The van der Waals surface area contributed by atoms with E-state index in [0.29, 0.717) is 11.6 Å². The second-order valence-corrected chi connectivity index (χ2v) is 7.78. The lowest BCUT2D eigenvalue weighted by molar-refractivity contribution is 0.100. The molecule has 0 bridgehead atoms. The molecule has 3 nitrogen and oxygen atoms in total. The number of pyridine rings is 1. The summed E-state index contributed by atoms with van der Waals surface area (Å²) < 4.78 is 27.2. The molecule has 1 atom stereocenters. The number of carbonyl (C=O) groups is 1. The lowest BCUT2D eigenvalue weighted by Gasteiger charge is -2.19. The smallest absolute Gasteiger partial charge is 0.281 e. The molecule has 0 spiro atoms. The second kappa shape index (κ2) is 6.97. The second-order valence-electron chi connectivity index (χ2n) is 6.90. The third kappa shape index (κ3) is 3.41. The Morgan fingerprint density at radius 2 is 2.12 bits per heavy atom. The molecular weight excluding hydrogens is 437 g/mol. The molecule has 0 aliphatic heterocycles. The van der Waals surface area contributed by atoms with Crippen LogP contribution in [0.5, 0.6) is 0 Å². The number of aromatic nitrogens is 1. The van der Waals surface area contributed by atoms with Crippen molar-refractivity contribution in [1.82, 2.24) is 4.98 Å². The number of hydrogen-bond donors (Lipinski definition) is 1. The number of nitrogens with zero attached hydrogens (tertiary/aromatic N) is 1. The molecule has 1 unspecified atom stereocenters. The van der Waals surface area contributed by atoms with Crippen LogP contribution in [0.15, 0.2) is 36.5 Å². The van der Waals surface area contributed by atoms with Crippen molar-refractivity contribution in [3.8, 4) is 0 Å². The first kappa shape index (κ1) is 18.2. The molecule has 3 rings (SSSR count). The number of alkyl halides is 3. The highest BCUT2D eigenvalue weighted by atomic mass is 127. The predicted octanol–water partition coefficient (Wildman–Crippen LogP) is 5.47. The Labute approximate surface area is 159 Å². The Bertz CT molecular complexity index is 808. The Morgan fingerprint density at radius 1 is 1.36 bits per heavy atom. The van der Waals surface area contributed by atoms with Gasteiger partial charge in [-0.2, -0.15) is 0 Å². The number of hydrogen-bond acceptors (Lipinski definition) is 2. The van der Waals surface area contributed by atoms with Crippen molar-refractivity contribution in [3.05, 3.63) is 58.9 Å². The van der Waals surface area contributed by atoms with Gasteiger partial charge in [0.25, 0.3) is 12.3 Å². The van der Waals surface area contributed by atoms with Crippen molar-refractivity contribution in [2.45, 2.75) is 38.0 Å². The zero-order valence-electron chi connectivity index (χ0n) is 14.0. The van der Waals surface area contributed by atoms with Gasteiger partial charge in [0.15, 0.2) is 0 Å². The van der Waals surface area contributed by atoms with Crippen LogP contribution >= 0.6 is 22.6 Å². The Kier molecular flexibility index (Phi) is 5.09. The number of nitrogens with one attached hydrogen (secondary N) is 1. The van der Waals surface area contributed by atoms with Crippen molar-refractivity contribution in [2.75, 3.05) is 9.74 Å². The van der Waals surface area contributed by atoms with E-state index in [1.807, 2.05) is 12.1 Å². The molecule has 0 saturated heterocycles. The van der Waals surface area contributed by atoms with E-state index in [9.17, 15) is 13.6 Å². The van der Waals surface area contributed by atoms with E-state index in [1.165, 1.54) is 23.9 Å². The molecule has 1 aromatic heterocycles. The molecule has 0 saturated carbocycles. The van der Waals surface area contributed by atoms with Crippen LogP contribution in [0, 0.1) is 0 Å². The average molecular weight is 456 g/mol. The van der Waals surface area contributed by atoms with Crippen molar-refractivity contribution in [2.24, 2.45) is 0 Å². The maximum absolute atomic E-state index is 13.1. The summed E-state index contributed by atoms with van der Waals surface area (Å²) in [4.78, 5) is 16.3. The molecule has 1 N–H and O–H groups in total. The summed E-state index contributed by atoms with van der Waals surface area (Å²) >= 11 is 2.36. The molecule has 0 fully saturated rings. The summed E-state index contributed by atoms with van der Waals surface area (Å²) in [6, 6.07) is 8.71. The standard InChI is InChI=1S/C19H19F2IN2O/c1-19(2)9-11(10-22)15-13(19)6-3-7-14(15)24-18(25)12-5-4-8-23-16(12)17(20)21/h3-8,11,17H,9-10H2,1-2H3,(H,24,25). The lowest BCUT2D eigenvalue weighted by atomic mass is 9.86. The number of anilines is 1. The first-order valence-corrected chi connectivity index (χ1v) is 9.61. The summed E-state index contributed by atoms with van der Waals surface area (Å²) in [5.41, 5.74) is 2.51. The quantitative estimate of drug-likeness (QED) is 0.490. The molecule has 1 heterocycles. The van der Waals surface area contributed by atoms with E-state index in [0.717, 1.165) is 16.4 Å². The number of halogens is 3. The minimum atomic E-state index is -2.79. The fourth-order valence-electron chi connectivity index (χ4n) is 3.64. The van der Waals surface area contributed by atoms with Crippen molar-refractivity contribution in [3.63, 3.8) is 0 Å². The molecule has 1 aliphatic carbocycles. The summed E-state index contributed by atoms with van der Waals surface area (Å²) in [7, 11) is 0. The molecule has 6 heteroatoms. The van der Waals surface area contributed by atoms with Crippen LogP contribution in [0.25, 0.3) is 0 Å². The lowest BCUT2D eigenvalue weighted by Crippen LogP contribution is -2.17. The SMILES string of the molecule is CC1(C)CC(CI)c2c(NC(=O)c3cccnc3C(F)F)cccc21. The van der Waals surface area contributed by atoms with Gasteiger partial charge in [-0.05, 0) is 47.1 Å². The molecule has 1 aromatic carbocycles. The van der Waals surface area contributed by atoms with E-state index < -0.39 is 18.0 Å². The highest BCUT2D eigenvalue weighted by molar-refractivity contribution is 14.1. The minimum Gasteiger partial charge on any atom is -0.322 e. The fourth-order valence-corrected chi connectivity index (χ4v) is 4.39. The topological polar surface area (TPSA) is 42.0 Å². The molecule has 2 aromatic rings. The van der Waals surface area contributed by atoms with Crippen LogP contribution in [-0.4, -0.2) is 15.3 Å². The van der Waals surface area contributed by atoms with Crippen LogP contribution in [0.3, 0.4) is 0 Å². The van der Waals surface area contributed by atoms with Gasteiger partial charge in [-0.25, -0.2) is 8.78 Å². The largest absolute Gasteiger partial charge is 0.322 e. The predicted molar refractivity (Wildman–Crippen MR) is 103 cm³/mol. The number of fused-ring (bicyclic) bond motifs is 1. The first-order valence-electron chi connectivity index (χ1n) is 8.09. The van der Waals surface area contributed by atoms with Crippen LogP contribution in [0.1, 0.15) is 59.8 Å². The van der Waals surface area contributed by atoms with Crippen molar-refractivity contribution < 1.29 is 13.6 Å². The Morgan fingerprint density at radius 3 is 2.80 bits per heavy atom. The first-order chi connectivity index (χ1) is 11.8. The van der Waals surface area contributed by atoms with Crippen molar-refractivity contribution in [1.29, 1.82) is 0 Å². The van der Waals surface area contributed by atoms with Crippen LogP contribution in [0.4, 0.5) is 14.5 Å². The van der Waals surface area contributed by atoms with Crippen molar-refractivity contribution >= 4 is 34.2 Å². The van der Waals surface area contributed by atoms with Crippen LogP contribution in [-0.2, 0) is 5.41 Å².